The van der Waals surface area contributed by atoms with E-state index in [9.17, 15) is 14.0 Å². The fourth-order valence-corrected chi connectivity index (χ4v) is 3.30. The lowest BCUT2D eigenvalue weighted by Gasteiger charge is -2.19. The number of carbonyl (C=O) groups excluding carboxylic acids is 2. The lowest BCUT2D eigenvalue weighted by atomic mass is 10.00. The van der Waals surface area contributed by atoms with Crippen molar-refractivity contribution >= 4 is 22.7 Å². The van der Waals surface area contributed by atoms with Crippen LogP contribution in [0.5, 0.6) is 0 Å². The number of rotatable bonds is 3. The van der Waals surface area contributed by atoms with Crippen molar-refractivity contribution < 1.29 is 14.0 Å². The molecule has 0 fully saturated rings. The number of imide groups is 1. The van der Waals surface area contributed by atoms with Crippen LogP contribution in [0.3, 0.4) is 0 Å². The van der Waals surface area contributed by atoms with Gasteiger partial charge in [-0.2, -0.15) is 0 Å². The van der Waals surface area contributed by atoms with Crippen LogP contribution in [0.4, 0.5) is 4.39 Å². The summed E-state index contributed by atoms with van der Waals surface area (Å²) in [6.45, 7) is 2.19. The monoisotopic (exact) mass is 322 g/mol. The molecule has 0 radical (unpaired) electrons. The Morgan fingerprint density at radius 3 is 2.42 bits per heavy atom. The summed E-state index contributed by atoms with van der Waals surface area (Å²) in [4.78, 5) is 29.3. The zero-order valence-electron chi connectivity index (χ0n) is 13.0. The zero-order valence-corrected chi connectivity index (χ0v) is 13.0. The highest BCUT2D eigenvalue weighted by molar-refractivity contribution is 6.21. The van der Waals surface area contributed by atoms with Crippen LogP contribution in [-0.4, -0.2) is 28.2 Å². The van der Waals surface area contributed by atoms with Crippen LogP contribution in [-0.2, 0) is 0 Å². The van der Waals surface area contributed by atoms with Gasteiger partial charge in [-0.25, -0.2) is 4.39 Å². The largest absolute Gasteiger partial charge is 0.361 e. The molecule has 1 N–H and O–H groups in total. The summed E-state index contributed by atoms with van der Waals surface area (Å²) < 4.78 is 13.5. The standard InChI is InChI=1S/C19H15FN2O2/c1-11(16-9-21-17-7-6-12(20)8-15(16)17)10-22-18(23)13-4-2-3-5-14(13)19(22)24/h2-9,11,21H,10H2,1H3. The molecule has 0 spiro atoms. The number of hydrogen-bond donors (Lipinski definition) is 1. The molecule has 2 aromatic carbocycles. The number of nitrogens with zero attached hydrogens (tertiary/aromatic N) is 1. The molecule has 0 aliphatic carbocycles. The van der Waals surface area contributed by atoms with Crippen LogP contribution in [0.25, 0.3) is 10.9 Å². The average Bonchev–Trinajstić information content (AvgIpc) is 3.10. The Kier molecular flexibility index (Phi) is 3.23. The molecule has 4 nitrogen and oxygen atoms in total. The van der Waals surface area contributed by atoms with Gasteiger partial charge < -0.3 is 4.98 Å². The van der Waals surface area contributed by atoms with E-state index in [4.69, 9.17) is 0 Å². The van der Waals surface area contributed by atoms with E-state index in [1.54, 1.807) is 30.3 Å². The number of carbonyl (C=O) groups is 2. The van der Waals surface area contributed by atoms with Crippen molar-refractivity contribution in [2.75, 3.05) is 6.54 Å². The molecule has 0 saturated heterocycles. The number of aromatic nitrogens is 1. The van der Waals surface area contributed by atoms with Crippen molar-refractivity contribution in [3.05, 3.63) is 71.2 Å². The topological polar surface area (TPSA) is 53.2 Å². The van der Waals surface area contributed by atoms with Gasteiger partial charge in [0.2, 0.25) is 0 Å². The van der Waals surface area contributed by atoms with E-state index >= 15 is 0 Å². The molecule has 120 valence electrons. The number of halogens is 1. The normalized spacial score (nSPS) is 15.2. The van der Waals surface area contributed by atoms with Crippen LogP contribution in [0.1, 0.15) is 39.1 Å². The third kappa shape index (κ3) is 2.12. The summed E-state index contributed by atoms with van der Waals surface area (Å²) in [5, 5.41) is 0.777. The Balaban J connectivity index is 1.65. The summed E-state index contributed by atoms with van der Waals surface area (Å²) in [6, 6.07) is 11.4. The van der Waals surface area contributed by atoms with E-state index in [0.717, 1.165) is 16.5 Å². The minimum absolute atomic E-state index is 0.109. The summed E-state index contributed by atoms with van der Waals surface area (Å²) in [7, 11) is 0. The fourth-order valence-electron chi connectivity index (χ4n) is 3.30. The van der Waals surface area contributed by atoms with Crippen molar-refractivity contribution in [2.45, 2.75) is 12.8 Å². The molecule has 2 amide bonds. The van der Waals surface area contributed by atoms with Gasteiger partial charge in [0.25, 0.3) is 11.8 Å². The molecule has 24 heavy (non-hydrogen) atoms. The molecule has 2 heterocycles. The lowest BCUT2D eigenvalue weighted by molar-refractivity contribution is 0.0646. The second kappa shape index (κ2) is 5.30. The smallest absolute Gasteiger partial charge is 0.261 e. The first-order valence-corrected chi connectivity index (χ1v) is 7.78. The first-order chi connectivity index (χ1) is 11.6. The molecule has 1 aliphatic rings. The lowest BCUT2D eigenvalue weighted by Crippen LogP contribution is -2.33. The third-order valence-electron chi connectivity index (χ3n) is 4.54. The maximum atomic E-state index is 13.5. The van der Waals surface area contributed by atoms with E-state index < -0.39 is 0 Å². The molecule has 0 saturated carbocycles. The van der Waals surface area contributed by atoms with Gasteiger partial charge in [-0.3, -0.25) is 14.5 Å². The number of benzene rings is 2. The van der Waals surface area contributed by atoms with Crippen LogP contribution in [0.15, 0.2) is 48.7 Å². The molecular formula is C19H15FN2O2. The van der Waals surface area contributed by atoms with Crippen molar-refractivity contribution in [2.24, 2.45) is 0 Å². The van der Waals surface area contributed by atoms with E-state index in [2.05, 4.69) is 4.98 Å². The minimum atomic E-state index is -0.309. The molecule has 4 rings (SSSR count). The van der Waals surface area contributed by atoms with Crippen LogP contribution in [0.2, 0.25) is 0 Å². The van der Waals surface area contributed by atoms with Crippen LogP contribution >= 0.6 is 0 Å². The van der Waals surface area contributed by atoms with Gasteiger partial charge in [0.1, 0.15) is 5.82 Å². The second-order valence-electron chi connectivity index (χ2n) is 6.10. The van der Waals surface area contributed by atoms with E-state index in [0.29, 0.717) is 11.1 Å². The highest BCUT2D eigenvalue weighted by Crippen LogP contribution is 2.30. The molecule has 5 heteroatoms. The van der Waals surface area contributed by atoms with Crippen molar-refractivity contribution in [3.63, 3.8) is 0 Å². The van der Waals surface area contributed by atoms with Gasteiger partial charge >= 0.3 is 0 Å². The molecule has 0 bridgehead atoms. The Labute approximate surface area is 137 Å². The molecular weight excluding hydrogens is 307 g/mol. The number of aromatic amines is 1. The predicted octanol–water partition coefficient (Wildman–Crippen LogP) is 3.71. The van der Waals surface area contributed by atoms with Crippen LogP contribution < -0.4 is 0 Å². The van der Waals surface area contributed by atoms with E-state index in [-0.39, 0.29) is 30.1 Å². The van der Waals surface area contributed by atoms with Gasteiger partial charge in [0.15, 0.2) is 0 Å². The quantitative estimate of drug-likeness (QED) is 0.747. The maximum Gasteiger partial charge on any atom is 0.261 e. The van der Waals surface area contributed by atoms with Gasteiger partial charge in [0, 0.05) is 29.6 Å². The van der Waals surface area contributed by atoms with Crippen LogP contribution in [0, 0.1) is 5.82 Å². The van der Waals surface area contributed by atoms with Gasteiger partial charge in [-0.05, 0) is 35.9 Å². The summed E-state index contributed by atoms with van der Waals surface area (Å²) >= 11 is 0. The zero-order chi connectivity index (χ0) is 16.8. The van der Waals surface area contributed by atoms with Crippen molar-refractivity contribution in [3.8, 4) is 0 Å². The fraction of sp³-hybridized carbons (Fsp3) is 0.158. The molecule has 1 aliphatic heterocycles. The second-order valence-corrected chi connectivity index (χ2v) is 6.10. The summed E-state index contributed by atoms with van der Waals surface area (Å²) in [5.74, 6) is -0.957. The Hall–Kier alpha value is -2.95. The van der Waals surface area contributed by atoms with E-state index in [1.807, 2.05) is 13.1 Å². The average molecular weight is 322 g/mol. The van der Waals surface area contributed by atoms with E-state index in [1.165, 1.54) is 17.0 Å². The molecule has 1 aromatic heterocycles. The Morgan fingerprint density at radius 2 is 1.75 bits per heavy atom. The number of H-pyrrole nitrogens is 1. The SMILES string of the molecule is CC(CN1C(=O)c2ccccc2C1=O)c1c[nH]c2ccc(F)cc12. The van der Waals surface area contributed by atoms with Crippen molar-refractivity contribution in [1.82, 2.24) is 9.88 Å². The van der Waals surface area contributed by atoms with Gasteiger partial charge in [-0.1, -0.05) is 19.1 Å². The number of nitrogens with one attached hydrogen (secondary N) is 1. The van der Waals surface area contributed by atoms with Gasteiger partial charge in [0.05, 0.1) is 11.1 Å². The maximum absolute atomic E-state index is 13.5. The summed E-state index contributed by atoms with van der Waals surface area (Å²) in [6.07, 6.45) is 1.81. The number of fused-ring (bicyclic) bond motifs is 2. The number of amides is 2. The first-order valence-electron chi connectivity index (χ1n) is 7.78. The van der Waals surface area contributed by atoms with Crippen molar-refractivity contribution in [1.29, 1.82) is 0 Å². The molecule has 1 atom stereocenters. The minimum Gasteiger partial charge on any atom is -0.361 e. The molecule has 1 unspecified atom stereocenters. The summed E-state index contributed by atoms with van der Waals surface area (Å²) in [5.41, 5.74) is 2.61. The highest BCUT2D eigenvalue weighted by Gasteiger charge is 2.36. The Bertz CT molecular complexity index is 941. The highest BCUT2D eigenvalue weighted by atomic mass is 19.1. The molecule has 3 aromatic rings. The number of hydrogen-bond acceptors (Lipinski definition) is 2. The first kappa shape index (κ1) is 14.6. The Morgan fingerprint density at radius 1 is 1.08 bits per heavy atom. The predicted molar refractivity (Wildman–Crippen MR) is 88.5 cm³/mol. The third-order valence-corrected chi connectivity index (χ3v) is 4.54. The van der Waals surface area contributed by atoms with Gasteiger partial charge in [-0.15, -0.1) is 0 Å².